The van der Waals surface area contributed by atoms with E-state index >= 15 is 0 Å². The first kappa shape index (κ1) is 17.5. The number of carbonyl (C=O) groups excluding carboxylic acids is 1. The zero-order valence-corrected chi connectivity index (χ0v) is 15.1. The third kappa shape index (κ3) is 4.20. The standard InChI is InChI=1S/C19H26N4O2/c1-12(2)7-9-25-17-10-14(5-4-13(17)3)21-19(24)18-15-11-20-8-6-16(15)22-23-18/h4-5,10,12,20H,6-9,11H2,1-3H3,(H,21,24)(H,22,23). The van der Waals surface area contributed by atoms with Crippen LogP contribution >= 0.6 is 0 Å². The van der Waals surface area contributed by atoms with Crippen LogP contribution in [0.5, 0.6) is 5.75 Å². The lowest BCUT2D eigenvalue weighted by molar-refractivity contribution is 0.102. The Bertz CT molecular complexity index is 752. The maximum Gasteiger partial charge on any atom is 0.276 e. The number of aryl methyl sites for hydroxylation is 1. The number of hydrogen-bond donors (Lipinski definition) is 3. The maximum atomic E-state index is 12.6. The molecule has 25 heavy (non-hydrogen) atoms. The Labute approximate surface area is 148 Å². The molecule has 0 unspecified atom stereocenters. The molecule has 0 radical (unpaired) electrons. The van der Waals surface area contributed by atoms with E-state index in [1.54, 1.807) is 0 Å². The summed E-state index contributed by atoms with van der Waals surface area (Å²) in [5, 5.41) is 13.4. The van der Waals surface area contributed by atoms with Crippen LogP contribution in [0.15, 0.2) is 18.2 Å². The molecule has 3 N–H and O–H groups in total. The van der Waals surface area contributed by atoms with Crippen molar-refractivity contribution < 1.29 is 9.53 Å². The molecule has 6 heteroatoms. The van der Waals surface area contributed by atoms with Crippen molar-refractivity contribution in [3.05, 3.63) is 40.7 Å². The third-order valence-electron chi connectivity index (χ3n) is 4.42. The molecule has 0 saturated carbocycles. The van der Waals surface area contributed by atoms with Gasteiger partial charge in [-0.3, -0.25) is 9.89 Å². The van der Waals surface area contributed by atoms with Gasteiger partial charge in [-0.25, -0.2) is 0 Å². The van der Waals surface area contributed by atoms with E-state index in [-0.39, 0.29) is 5.91 Å². The molecule has 0 saturated heterocycles. The molecule has 0 bridgehead atoms. The molecule has 1 aliphatic rings. The fraction of sp³-hybridized carbons (Fsp3) is 0.474. The molecule has 134 valence electrons. The topological polar surface area (TPSA) is 79.0 Å². The van der Waals surface area contributed by atoms with E-state index < -0.39 is 0 Å². The van der Waals surface area contributed by atoms with E-state index in [1.165, 1.54) is 0 Å². The minimum Gasteiger partial charge on any atom is -0.493 e. The van der Waals surface area contributed by atoms with Gasteiger partial charge >= 0.3 is 0 Å². The van der Waals surface area contributed by atoms with E-state index in [2.05, 4.69) is 34.7 Å². The highest BCUT2D eigenvalue weighted by Crippen LogP contribution is 2.24. The van der Waals surface area contributed by atoms with Crippen LogP contribution in [-0.2, 0) is 13.0 Å². The molecule has 2 heterocycles. The van der Waals surface area contributed by atoms with E-state index in [9.17, 15) is 4.79 Å². The average Bonchev–Trinajstić information content (AvgIpc) is 3.01. The average molecular weight is 342 g/mol. The molecule has 1 aromatic heterocycles. The number of rotatable bonds is 6. The van der Waals surface area contributed by atoms with Crippen molar-refractivity contribution in [2.75, 3.05) is 18.5 Å². The van der Waals surface area contributed by atoms with Gasteiger partial charge in [-0.1, -0.05) is 19.9 Å². The van der Waals surface area contributed by atoms with Gasteiger partial charge in [0.1, 0.15) is 5.75 Å². The smallest absolute Gasteiger partial charge is 0.276 e. The summed E-state index contributed by atoms with van der Waals surface area (Å²) in [5.74, 6) is 1.21. The van der Waals surface area contributed by atoms with E-state index in [0.29, 0.717) is 24.8 Å². The number of benzene rings is 1. The summed E-state index contributed by atoms with van der Waals surface area (Å²) in [6, 6.07) is 5.73. The van der Waals surface area contributed by atoms with Crippen molar-refractivity contribution >= 4 is 11.6 Å². The van der Waals surface area contributed by atoms with Gasteiger partial charge < -0.3 is 15.4 Å². The first-order valence-corrected chi connectivity index (χ1v) is 8.86. The maximum absolute atomic E-state index is 12.6. The number of hydrogen-bond acceptors (Lipinski definition) is 4. The zero-order chi connectivity index (χ0) is 17.8. The molecule has 0 spiro atoms. The lowest BCUT2D eigenvalue weighted by Gasteiger charge is -2.14. The lowest BCUT2D eigenvalue weighted by atomic mass is 10.1. The summed E-state index contributed by atoms with van der Waals surface area (Å²) < 4.78 is 5.87. The van der Waals surface area contributed by atoms with E-state index in [0.717, 1.165) is 47.6 Å². The summed E-state index contributed by atoms with van der Waals surface area (Å²) in [6.07, 6.45) is 1.87. The number of aromatic nitrogens is 2. The fourth-order valence-electron chi connectivity index (χ4n) is 2.84. The van der Waals surface area contributed by atoms with Gasteiger partial charge in [-0.05, 0) is 30.9 Å². The summed E-state index contributed by atoms with van der Waals surface area (Å²) in [5.41, 5.74) is 4.25. The van der Waals surface area contributed by atoms with E-state index in [1.807, 2.05) is 25.1 Å². The second kappa shape index (κ2) is 7.70. The molecule has 2 aromatic rings. The number of fused-ring (bicyclic) bond motifs is 1. The summed E-state index contributed by atoms with van der Waals surface area (Å²) in [4.78, 5) is 12.6. The van der Waals surface area contributed by atoms with Crippen LogP contribution in [0.3, 0.4) is 0 Å². The Hall–Kier alpha value is -2.34. The Morgan fingerprint density at radius 3 is 3.04 bits per heavy atom. The molecular formula is C19H26N4O2. The van der Waals surface area contributed by atoms with Crippen LogP contribution in [0.2, 0.25) is 0 Å². The van der Waals surface area contributed by atoms with Crippen molar-refractivity contribution in [3.8, 4) is 5.75 Å². The van der Waals surface area contributed by atoms with Gasteiger partial charge in [-0.2, -0.15) is 5.10 Å². The lowest BCUT2D eigenvalue weighted by Crippen LogP contribution is -2.25. The number of nitrogens with zero attached hydrogens (tertiary/aromatic N) is 1. The summed E-state index contributed by atoms with van der Waals surface area (Å²) in [6.45, 7) is 8.61. The van der Waals surface area contributed by atoms with Crippen molar-refractivity contribution in [3.63, 3.8) is 0 Å². The first-order valence-electron chi connectivity index (χ1n) is 8.86. The summed E-state index contributed by atoms with van der Waals surface area (Å²) in [7, 11) is 0. The number of amides is 1. The van der Waals surface area contributed by atoms with Crippen LogP contribution < -0.4 is 15.4 Å². The Morgan fingerprint density at radius 1 is 1.40 bits per heavy atom. The van der Waals surface area contributed by atoms with Crippen LogP contribution in [0.4, 0.5) is 5.69 Å². The van der Waals surface area contributed by atoms with E-state index in [4.69, 9.17) is 4.74 Å². The number of H-pyrrole nitrogens is 1. The van der Waals surface area contributed by atoms with Crippen molar-refractivity contribution in [2.24, 2.45) is 5.92 Å². The molecule has 3 rings (SSSR count). The van der Waals surface area contributed by atoms with Crippen molar-refractivity contribution in [1.29, 1.82) is 0 Å². The molecule has 1 aromatic carbocycles. The first-order chi connectivity index (χ1) is 12.0. The SMILES string of the molecule is Cc1ccc(NC(=O)c2n[nH]c3c2CNCC3)cc1OCCC(C)C. The van der Waals surface area contributed by atoms with Gasteiger partial charge in [0, 0.05) is 42.5 Å². The van der Waals surface area contributed by atoms with Gasteiger partial charge in [0.25, 0.3) is 5.91 Å². The molecular weight excluding hydrogens is 316 g/mol. The van der Waals surface area contributed by atoms with Crippen molar-refractivity contribution in [2.45, 2.75) is 40.2 Å². The van der Waals surface area contributed by atoms with Crippen molar-refractivity contribution in [1.82, 2.24) is 15.5 Å². The Morgan fingerprint density at radius 2 is 2.24 bits per heavy atom. The van der Waals surface area contributed by atoms with Crippen LogP contribution in [-0.4, -0.2) is 29.3 Å². The zero-order valence-electron chi connectivity index (χ0n) is 15.1. The Kier molecular flexibility index (Phi) is 5.38. The number of ether oxygens (including phenoxy) is 1. The second-order valence-corrected chi connectivity index (χ2v) is 6.92. The molecule has 0 fully saturated rings. The van der Waals surface area contributed by atoms with Gasteiger partial charge in [0.2, 0.25) is 0 Å². The normalized spacial score (nSPS) is 13.6. The van der Waals surface area contributed by atoms with Gasteiger partial charge in [0.15, 0.2) is 5.69 Å². The highest BCUT2D eigenvalue weighted by atomic mass is 16.5. The fourth-order valence-corrected chi connectivity index (χ4v) is 2.84. The largest absolute Gasteiger partial charge is 0.493 e. The number of carbonyl (C=O) groups is 1. The molecule has 1 aliphatic heterocycles. The third-order valence-corrected chi connectivity index (χ3v) is 4.42. The molecule has 0 aliphatic carbocycles. The molecule has 1 amide bonds. The highest BCUT2D eigenvalue weighted by Gasteiger charge is 2.21. The number of nitrogens with one attached hydrogen (secondary N) is 3. The van der Waals surface area contributed by atoms with Crippen LogP contribution in [0.25, 0.3) is 0 Å². The highest BCUT2D eigenvalue weighted by molar-refractivity contribution is 6.04. The number of aromatic amines is 1. The Balaban J connectivity index is 1.70. The number of anilines is 1. The summed E-state index contributed by atoms with van der Waals surface area (Å²) >= 11 is 0. The van der Waals surface area contributed by atoms with Crippen LogP contribution in [0, 0.1) is 12.8 Å². The quantitative estimate of drug-likeness (QED) is 0.754. The minimum absolute atomic E-state index is 0.196. The minimum atomic E-state index is -0.196. The predicted octanol–water partition coefficient (Wildman–Crippen LogP) is 3.04. The van der Waals surface area contributed by atoms with Gasteiger partial charge in [-0.15, -0.1) is 0 Å². The molecule has 0 atom stereocenters. The van der Waals surface area contributed by atoms with Crippen LogP contribution in [0.1, 0.15) is 47.6 Å². The predicted molar refractivity (Wildman–Crippen MR) is 98.1 cm³/mol. The molecule has 6 nitrogen and oxygen atoms in total. The second-order valence-electron chi connectivity index (χ2n) is 6.92. The van der Waals surface area contributed by atoms with Gasteiger partial charge in [0.05, 0.1) is 6.61 Å². The monoisotopic (exact) mass is 342 g/mol.